The van der Waals surface area contributed by atoms with Crippen LogP contribution in [-0.2, 0) is 0 Å². The van der Waals surface area contributed by atoms with Crippen molar-refractivity contribution in [3.8, 4) is 17.0 Å². The van der Waals surface area contributed by atoms with Gasteiger partial charge in [-0.15, -0.1) is 0 Å². The van der Waals surface area contributed by atoms with E-state index in [1.54, 1.807) is 6.07 Å². The third-order valence-electron chi connectivity index (χ3n) is 2.74. The van der Waals surface area contributed by atoms with E-state index in [0.717, 1.165) is 16.7 Å². The van der Waals surface area contributed by atoms with Gasteiger partial charge in [-0.25, -0.2) is 4.79 Å². The maximum atomic E-state index is 10.8. The Hall–Kier alpha value is -1.82. The summed E-state index contributed by atoms with van der Waals surface area (Å²) in [4.78, 5) is 10.8. The number of aromatic hydroxyl groups is 1. The van der Waals surface area contributed by atoms with E-state index < -0.39 is 5.97 Å². The summed E-state index contributed by atoms with van der Waals surface area (Å²) in [5.41, 5.74) is 3.03. The molecule has 6 heteroatoms. The van der Waals surface area contributed by atoms with E-state index in [1.807, 2.05) is 13.8 Å². The fraction of sp³-hybridized carbons (Fsp3) is 0.167. The van der Waals surface area contributed by atoms with Crippen molar-refractivity contribution < 1.29 is 15.0 Å². The maximum absolute atomic E-state index is 10.8. The first kappa shape index (κ1) is 12.6. The zero-order valence-electron chi connectivity index (χ0n) is 9.78. The Labute approximate surface area is 112 Å². The van der Waals surface area contributed by atoms with Gasteiger partial charge in [-0.1, -0.05) is 0 Å². The van der Waals surface area contributed by atoms with Crippen LogP contribution in [-0.4, -0.2) is 26.4 Å². The lowest BCUT2D eigenvalue weighted by atomic mass is 9.99. The number of carboxylic acid groups (broad SMARTS) is 1. The fourth-order valence-corrected chi connectivity index (χ4v) is 2.20. The van der Waals surface area contributed by atoms with Crippen molar-refractivity contribution in [3.63, 3.8) is 0 Å². The molecule has 2 rings (SSSR count). The third kappa shape index (κ3) is 1.99. The number of aromatic carboxylic acids is 1. The highest BCUT2D eigenvalue weighted by Crippen LogP contribution is 2.37. The number of halogens is 1. The lowest BCUT2D eigenvalue weighted by Crippen LogP contribution is -1.95. The number of carboxylic acids is 1. The number of H-pyrrole nitrogens is 1. The number of nitrogens with one attached hydrogen (secondary N) is 1. The Morgan fingerprint density at radius 1 is 1.39 bits per heavy atom. The second-order valence-electron chi connectivity index (χ2n) is 4.00. The van der Waals surface area contributed by atoms with Gasteiger partial charge in [0.2, 0.25) is 0 Å². The number of rotatable bonds is 2. The molecule has 0 amide bonds. The quantitative estimate of drug-likeness (QED) is 0.796. The molecule has 0 saturated heterocycles. The van der Waals surface area contributed by atoms with E-state index in [0.29, 0.717) is 10.2 Å². The van der Waals surface area contributed by atoms with Gasteiger partial charge in [0.05, 0.1) is 10.2 Å². The first-order valence-electron chi connectivity index (χ1n) is 5.19. The number of phenols is 1. The molecule has 0 atom stereocenters. The van der Waals surface area contributed by atoms with E-state index in [1.165, 1.54) is 6.07 Å². The van der Waals surface area contributed by atoms with Crippen LogP contribution in [0.15, 0.2) is 16.6 Å². The van der Waals surface area contributed by atoms with Crippen molar-refractivity contribution in [2.24, 2.45) is 0 Å². The van der Waals surface area contributed by atoms with E-state index in [4.69, 9.17) is 5.11 Å². The number of hydrogen-bond acceptors (Lipinski definition) is 3. The van der Waals surface area contributed by atoms with Gasteiger partial charge >= 0.3 is 5.97 Å². The van der Waals surface area contributed by atoms with Gasteiger partial charge in [0, 0.05) is 5.56 Å². The van der Waals surface area contributed by atoms with Crippen LogP contribution in [0.1, 0.15) is 21.6 Å². The number of nitrogens with zero attached hydrogens (tertiary/aromatic N) is 1. The number of aryl methyl sites for hydroxylation is 1. The average Bonchev–Trinajstić information content (AvgIpc) is 2.75. The van der Waals surface area contributed by atoms with E-state index >= 15 is 0 Å². The second-order valence-corrected chi connectivity index (χ2v) is 4.79. The third-order valence-corrected chi connectivity index (χ3v) is 3.74. The van der Waals surface area contributed by atoms with Crippen LogP contribution in [0.3, 0.4) is 0 Å². The minimum absolute atomic E-state index is 0.0352. The van der Waals surface area contributed by atoms with Crippen LogP contribution < -0.4 is 0 Å². The molecule has 5 nitrogen and oxygen atoms in total. The number of carbonyl (C=O) groups is 1. The van der Waals surface area contributed by atoms with E-state index in [9.17, 15) is 9.90 Å². The van der Waals surface area contributed by atoms with Crippen LogP contribution in [0, 0.1) is 13.8 Å². The molecule has 0 radical (unpaired) electrons. The number of benzene rings is 1. The van der Waals surface area contributed by atoms with Crippen molar-refractivity contribution in [2.45, 2.75) is 13.8 Å². The molecule has 0 aliphatic carbocycles. The molecule has 0 fully saturated rings. The molecule has 1 heterocycles. The summed E-state index contributed by atoms with van der Waals surface area (Å²) in [5, 5.41) is 25.0. The molecule has 0 unspecified atom stereocenters. The van der Waals surface area contributed by atoms with E-state index in [2.05, 4.69) is 26.1 Å². The van der Waals surface area contributed by atoms with Crippen LogP contribution in [0.2, 0.25) is 0 Å². The predicted molar refractivity (Wildman–Crippen MR) is 69.8 cm³/mol. The molecule has 3 N–H and O–H groups in total. The topological polar surface area (TPSA) is 86.2 Å². The standard InChI is InChI=1S/C12H11BrN2O3/c1-5-3-9(16)11(13)6(2)10(5)7-4-8(12(17)18)15-14-7/h3-4,16H,1-2H3,(H,14,15)(H,17,18). The van der Waals surface area contributed by atoms with Crippen molar-refractivity contribution >= 4 is 21.9 Å². The molecule has 94 valence electrons. The average molecular weight is 311 g/mol. The molecule has 2 aromatic rings. The zero-order chi connectivity index (χ0) is 13.4. The minimum atomic E-state index is -1.05. The molecule has 0 aliphatic heterocycles. The Balaban J connectivity index is 2.63. The fourth-order valence-electron chi connectivity index (χ4n) is 1.89. The summed E-state index contributed by atoms with van der Waals surface area (Å²) in [6.07, 6.45) is 0. The van der Waals surface area contributed by atoms with Crippen LogP contribution in [0.25, 0.3) is 11.3 Å². The summed E-state index contributed by atoms with van der Waals surface area (Å²) in [5.74, 6) is -0.898. The highest BCUT2D eigenvalue weighted by molar-refractivity contribution is 9.10. The van der Waals surface area contributed by atoms with Crippen LogP contribution in [0.4, 0.5) is 0 Å². The largest absolute Gasteiger partial charge is 0.507 e. The maximum Gasteiger partial charge on any atom is 0.353 e. The summed E-state index contributed by atoms with van der Waals surface area (Å²) in [6.45, 7) is 3.67. The van der Waals surface area contributed by atoms with Crippen molar-refractivity contribution in [3.05, 3.63) is 33.4 Å². The highest BCUT2D eigenvalue weighted by atomic mass is 79.9. The highest BCUT2D eigenvalue weighted by Gasteiger charge is 2.16. The first-order chi connectivity index (χ1) is 8.41. The number of hydrogen-bond donors (Lipinski definition) is 3. The monoisotopic (exact) mass is 310 g/mol. The van der Waals surface area contributed by atoms with Crippen molar-refractivity contribution in [1.29, 1.82) is 0 Å². The molecular formula is C12H11BrN2O3. The second kappa shape index (κ2) is 4.45. The van der Waals surface area contributed by atoms with E-state index in [-0.39, 0.29) is 11.4 Å². The molecule has 18 heavy (non-hydrogen) atoms. The van der Waals surface area contributed by atoms with Crippen molar-refractivity contribution in [2.75, 3.05) is 0 Å². The Kier molecular flexibility index (Phi) is 3.13. The Morgan fingerprint density at radius 2 is 2.06 bits per heavy atom. The van der Waals surface area contributed by atoms with Crippen LogP contribution in [0.5, 0.6) is 5.75 Å². The molecule has 0 bridgehead atoms. The van der Waals surface area contributed by atoms with Crippen molar-refractivity contribution in [1.82, 2.24) is 10.2 Å². The summed E-state index contributed by atoms with van der Waals surface area (Å²) >= 11 is 3.29. The van der Waals surface area contributed by atoms with Gasteiger partial charge in [-0.2, -0.15) is 5.10 Å². The van der Waals surface area contributed by atoms with Gasteiger partial charge in [0.15, 0.2) is 0 Å². The predicted octanol–water partition coefficient (Wildman–Crippen LogP) is 2.86. The number of aromatic amines is 1. The Morgan fingerprint density at radius 3 is 2.61 bits per heavy atom. The lowest BCUT2D eigenvalue weighted by Gasteiger charge is -2.10. The molecule has 1 aromatic carbocycles. The minimum Gasteiger partial charge on any atom is -0.507 e. The van der Waals surface area contributed by atoms with Crippen LogP contribution >= 0.6 is 15.9 Å². The molecule has 1 aromatic heterocycles. The lowest BCUT2D eigenvalue weighted by molar-refractivity contribution is 0.0690. The summed E-state index contributed by atoms with van der Waals surface area (Å²) in [6, 6.07) is 3.09. The first-order valence-corrected chi connectivity index (χ1v) is 5.99. The summed E-state index contributed by atoms with van der Waals surface area (Å²) in [7, 11) is 0. The molecular weight excluding hydrogens is 300 g/mol. The zero-order valence-corrected chi connectivity index (χ0v) is 11.4. The Bertz CT molecular complexity index is 634. The van der Waals surface area contributed by atoms with Gasteiger partial charge in [-0.3, -0.25) is 5.10 Å². The SMILES string of the molecule is Cc1cc(O)c(Br)c(C)c1-c1cc(C(=O)O)[nH]n1. The molecule has 0 aliphatic rings. The number of aromatic nitrogens is 2. The molecule has 0 saturated carbocycles. The van der Waals surface area contributed by atoms with Gasteiger partial charge in [0.25, 0.3) is 0 Å². The molecule has 0 spiro atoms. The number of phenolic OH excluding ortho intramolecular Hbond substituents is 1. The van der Waals surface area contributed by atoms with Gasteiger partial charge in [-0.05, 0) is 53.0 Å². The smallest absolute Gasteiger partial charge is 0.353 e. The van der Waals surface area contributed by atoms with Gasteiger partial charge in [0.1, 0.15) is 11.4 Å². The van der Waals surface area contributed by atoms with Gasteiger partial charge < -0.3 is 10.2 Å². The normalized spacial score (nSPS) is 10.6. The summed E-state index contributed by atoms with van der Waals surface area (Å²) < 4.78 is 0.586.